The van der Waals surface area contributed by atoms with Crippen LogP contribution < -0.4 is 15.5 Å². The predicted octanol–water partition coefficient (Wildman–Crippen LogP) is 4.63. The Bertz CT molecular complexity index is 1040. The average molecular weight is 500 g/mol. The molecule has 0 aliphatic rings. The fraction of sp³-hybridized carbons (Fsp3) is 0.440. The van der Waals surface area contributed by atoms with Crippen molar-refractivity contribution < 1.29 is 9.53 Å². The molecule has 2 aromatic heterocycles. The molecular weight excluding hydrogens is 462 g/mol. The van der Waals surface area contributed by atoms with Crippen LogP contribution in [0.25, 0.3) is 0 Å². The third-order valence-corrected chi connectivity index (χ3v) is 5.84. The van der Waals surface area contributed by atoms with E-state index in [1.807, 2.05) is 33.8 Å². The van der Waals surface area contributed by atoms with E-state index in [-0.39, 0.29) is 0 Å². The maximum Gasteiger partial charge on any atom is 0.207 e. The fourth-order valence-corrected chi connectivity index (χ4v) is 4.01. The van der Waals surface area contributed by atoms with Crippen LogP contribution in [0, 0.1) is 20.8 Å². The molecule has 190 valence electrons. The number of aromatic nitrogens is 4. The average Bonchev–Trinajstić information content (AvgIpc) is 3.27. The second-order valence-electron chi connectivity index (χ2n) is 7.69. The number of benzene rings is 1. The molecule has 1 aromatic carbocycles. The molecule has 35 heavy (non-hydrogen) atoms. The first kappa shape index (κ1) is 28.1. The van der Waals surface area contributed by atoms with Crippen molar-refractivity contribution in [3.8, 4) is 0 Å². The molecular formula is C25H37N7O2S. The summed E-state index contributed by atoms with van der Waals surface area (Å²) in [7, 11) is 1.69. The molecule has 3 aromatic rings. The molecule has 3 N–H and O–H groups in total. The highest BCUT2D eigenvalue weighted by molar-refractivity contribution is 7.99. The Labute approximate surface area is 212 Å². The topological polar surface area (TPSA) is 108 Å². The van der Waals surface area contributed by atoms with Gasteiger partial charge in [-0.25, -0.2) is 9.97 Å². The third-order valence-electron chi connectivity index (χ3n) is 4.97. The van der Waals surface area contributed by atoms with Crippen LogP contribution in [0.15, 0.2) is 40.4 Å². The van der Waals surface area contributed by atoms with Gasteiger partial charge < -0.3 is 20.3 Å². The molecule has 0 saturated heterocycles. The minimum absolute atomic E-state index is 0.516. The van der Waals surface area contributed by atoms with Crippen molar-refractivity contribution in [2.45, 2.75) is 51.1 Å². The van der Waals surface area contributed by atoms with Crippen molar-refractivity contribution >= 4 is 35.6 Å². The van der Waals surface area contributed by atoms with Crippen molar-refractivity contribution in [1.82, 2.24) is 25.5 Å². The molecule has 0 fully saturated rings. The maximum absolute atomic E-state index is 10.8. The van der Waals surface area contributed by atoms with Gasteiger partial charge in [0.05, 0.1) is 0 Å². The number of rotatable bonds is 13. The number of methoxy groups -OCH3 is 1. The molecule has 0 unspecified atom stereocenters. The molecule has 2 heterocycles. The lowest BCUT2D eigenvalue weighted by molar-refractivity contribution is -0.109. The number of amides is 1. The molecule has 0 spiro atoms. The summed E-state index contributed by atoms with van der Waals surface area (Å²) in [6, 6.07) is 10.2. The Morgan fingerprint density at radius 3 is 2.49 bits per heavy atom. The van der Waals surface area contributed by atoms with Crippen LogP contribution >= 0.6 is 11.8 Å². The van der Waals surface area contributed by atoms with Crippen molar-refractivity contribution in [1.29, 1.82) is 0 Å². The van der Waals surface area contributed by atoms with Crippen molar-refractivity contribution in [2.24, 2.45) is 0 Å². The van der Waals surface area contributed by atoms with E-state index in [4.69, 9.17) is 14.7 Å². The van der Waals surface area contributed by atoms with Crippen molar-refractivity contribution in [3.63, 3.8) is 0 Å². The molecule has 0 bridgehead atoms. The molecule has 9 nitrogen and oxygen atoms in total. The third kappa shape index (κ3) is 8.88. The van der Waals surface area contributed by atoms with E-state index in [1.165, 1.54) is 17.3 Å². The molecule has 1 amide bonds. The summed E-state index contributed by atoms with van der Waals surface area (Å²) >= 11 is 1.51. The molecule has 0 saturated carbocycles. The Balaban J connectivity index is 0.00000210. The van der Waals surface area contributed by atoms with Crippen LogP contribution in [0.2, 0.25) is 0 Å². The highest BCUT2D eigenvalue weighted by Gasteiger charge is 2.18. The highest BCUT2D eigenvalue weighted by Crippen LogP contribution is 2.32. The van der Waals surface area contributed by atoms with E-state index in [1.54, 1.807) is 7.11 Å². The summed E-state index contributed by atoms with van der Waals surface area (Å²) < 4.78 is 5.24. The monoisotopic (exact) mass is 499 g/mol. The molecule has 0 aliphatic carbocycles. The largest absolute Gasteiger partial charge is 0.385 e. The van der Waals surface area contributed by atoms with E-state index >= 15 is 0 Å². The van der Waals surface area contributed by atoms with Gasteiger partial charge in [0, 0.05) is 55.6 Å². The summed E-state index contributed by atoms with van der Waals surface area (Å²) in [4.78, 5) is 23.7. The molecule has 0 atom stereocenters. The first-order chi connectivity index (χ1) is 17.0. The van der Waals surface area contributed by atoms with Crippen molar-refractivity contribution in [2.75, 3.05) is 43.6 Å². The van der Waals surface area contributed by atoms with E-state index in [9.17, 15) is 4.79 Å². The van der Waals surface area contributed by atoms with Crippen LogP contribution in [0.3, 0.4) is 0 Å². The zero-order valence-corrected chi connectivity index (χ0v) is 22.3. The zero-order valence-electron chi connectivity index (χ0n) is 21.5. The van der Waals surface area contributed by atoms with E-state index in [0.717, 1.165) is 34.9 Å². The number of hydrogen-bond acceptors (Lipinski definition) is 8. The summed E-state index contributed by atoms with van der Waals surface area (Å²) in [6.45, 7) is 12.5. The number of hydrogen-bond donors (Lipinski definition) is 3. The molecule has 10 heteroatoms. The van der Waals surface area contributed by atoms with Crippen LogP contribution in [0.5, 0.6) is 0 Å². The van der Waals surface area contributed by atoms with E-state index in [0.29, 0.717) is 42.9 Å². The van der Waals surface area contributed by atoms with Gasteiger partial charge in [-0.3, -0.25) is 9.89 Å². The number of ether oxygens (including phenoxy) is 1. The lowest BCUT2D eigenvalue weighted by Crippen LogP contribution is -2.34. The van der Waals surface area contributed by atoms with Gasteiger partial charge in [0.1, 0.15) is 11.6 Å². The number of aromatic amines is 1. The summed E-state index contributed by atoms with van der Waals surface area (Å²) in [5.41, 5.74) is 3.07. The fourth-order valence-electron chi connectivity index (χ4n) is 3.26. The van der Waals surface area contributed by atoms with Gasteiger partial charge in [-0.1, -0.05) is 31.5 Å². The predicted molar refractivity (Wildman–Crippen MR) is 143 cm³/mol. The molecule has 0 aliphatic heterocycles. The van der Waals surface area contributed by atoms with Crippen molar-refractivity contribution in [3.05, 3.63) is 47.2 Å². The second-order valence-corrected chi connectivity index (χ2v) is 8.73. The van der Waals surface area contributed by atoms with Gasteiger partial charge in [-0.15, -0.1) is 0 Å². The summed E-state index contributed by atoms with van der Waals surface area (Å²) in [5.74, 6) is 2.21. The highest BCUT2D eigenvalue weighted by atomic mass is 32.2. The summed E-state index contributed by atoms with van der Waals surface area (Å²) in [5, 5.41) is 13.9. The minimum atomic E-state index is 0.516. The molecule has 3 rings (SSSR count). The quantitative estimate of drug-likeness (QED) is 0.177. The number of nitrogens with zero attached hydrogens (tertiary/aromatic N) is 4. The Hall–Kier alpha value is -3.11. The smallest absolute Gasteiger partial charge is 0.207 e. The maximum atomic E-state index is 10.8. The Kier molecular flexibility index (Phi) is 12.1. The number of anilines is 3. The number of aryl methyl sites for hydroxylation is 2. The van der Waals surface area contributed by atoms with Gasteiger partial charge >= 0.3 is 0 Å². The lowest BCUT2D eigenvalue weighted by Gasteiger charge is -2.26. The normalized spacial score (nSPS) is 10.3. The van der Waals surface area contributed by atoms with Gasteiger partial charge in [-0.2, -0.15) is 5.10 Å². The number of carbonyl (C=O) groups excluding carboxylic acids is 1. The van der Waals surface area contributed by atoms with Crippen LogP contribution in [-0.2, 0) is 9.53 Å². The Morgan fingerprint density at radius 1 is 1.11 bits per heavy atom. The SMILES string of the molecule is CC.COCCCN(CCNC=O)c1nc(Sc2ccc(C)cc2)nc(Nc2cc(C)[nH]n2)c1C. The van der Waals surface area contributed by atoms with Gasteiger partial charge in [0.15, 0.2) is 11.0 Å². The zero-order chi connectivity index (χ0) is 25.6. The first-order valence-corrected chi connectivity index (χ1v) is 12.6. The number of nitrogens with one attached hydrogen (secondary N) is 3. The number of H-pyrrole nitrogens is 1. The molecule has 0 radical (unpaired) electrons. The second kappa shape index (κ2) is 15.0. The van der Waals surface area contributed by atoms with E-state index in [2.05, 4.69) is 56.9 Å². The van der Waals surface area contributed by atoms with Crippen LogP contribution in [0.4, 0.5) is 17.5 Å². The standard InChI is InChI=1S/C23H31N7O2S.C2H6/c1-16-6-8-19(9-7-16)33-23-26-21(25-20-14-17(2)28-29-20)18(3)22(27-23)30(11-5-13-32-4)12-10-24-15-31;1-2/h6-9,14-15H,5,10-13H2,1-4H3,(H,24,31)(H2,25,26,27,28,29);1-2H3. The Morgan fingerprint density at radius 2 is 1.86 bits per heavy atom. The lowest BCUT2D eigenvalue weighted by atomic mass is 10.2. The van der Waals surface area contributed by atoms with Gasteiger partial charge in [0.25, 0.3) is 0 Å². The van der Waals surface area contributed by atoms with Gasteiger partial charge in [-0.05, 0) is 51.1 Å². The minimum Gasteiger partial charge on any atom is -0.385 e. The van der Waals surface area contributed by atoms with Crippen LogP contribution in [-0.4, -0.2) is 59.9 Å². The number of carbonyl (C=O) groups is 1. The van der Waals surface area contributed by atoms with E-state index < -0.39 is 0 Å². The summed E-state index contributed by atoms with van der Waals surface area (Å²) in [6.07, 6.45) is 1.55. The van der Waals surface area contributed by atoms with Crippen LogP contribution in [0.1, 0.15) is 37.1 Å². The first-order valence-electron chi connectivity index (χ1n) is 11.8. The van der Waals surface area contributed by atoms with Gasteiger partial charge in [0.2, 0.25) is 6.41 Å².